The molecule has 0 bridgehead atoms. The van der Waals surface area contributed by atoms with Crippen molar-refractivity contribution in [3.05, 3.63) is 0 Å². The molecule has 18 heavy (non-hydrogen) atoms. The van der Waals surface area contributed by atoms with Gasteiger partial charge in [-0.05, 0) is 31.6 Å². The highest BCUT2D eigenvalue weighted by atomic mass is 16.5. The van der Waals surface area contributed by atoms with Crippen molar-refractivity contribution < 1.29 is 9.53 Å². The first-order chi connectivity index (χ1) is 8.66. The van der Waals surface area contributed by atoms with E-state index in [-0.39, 0.29) is 11.9 Å². The Morgan fingerprint density at radius 3 is 2.83 bits per heavy atom. The van der Waals surface area contributed by atoms with E-state index in [1.54, 1.807) is 0 Å². The summed E-state index contributed by atoms with van der Waals surface area (Å²) in [6.07, 6.45) is 4.59. The fourth-order valence-electron chi connectivity index (χ4n) is 2.41. The van der Waals surface area contributed by atoms with Crippen molar-refractivity contribution in [2.75, 3.05) is 26.3 Å². The van der Waals surface area contributed by atoms with Crippen LogP contribution in [0.2, 0.25) is 0 Å². The van der Waals surface area contributed by atoms with Crippen LogP contribution >= 0.6 is 0 Å². The van der Waals surface area contributed by atoms with Crippen LogP contribution in [0.3, 0.4) is 0 Å². The molecule has 1 saturated carbocycles. The zero-order chi connectivity index (χ0) is 13.0. The molecule has 0 spiro atoms. The summed E-state index contributed by atoms with van der Waals surface area (Å²) in [5.41, 5.74) is 0. The second-order valence-electron chi connectivity index (χ2n) is 5.86. The predicted molar refractivity (Wildman–Crippen MR) is 71.4 cm³/mol. The summed E-state index contributed by atoms with van der Waals surface area (Å²) in [6.45, 7) is 7.63. The van der Waals surface area contributed by atoms with Crippen molar-refractivity contribution in [1.82, 2.24) is 10.2 Å². The van der Waals surface area contributed by atoms with Crippen LogP contribution in [0.4, 0.5) is 0 Å². The van der Waals surface area contributed by atoms with E-state index in [0.29, 0.717) is 6.04 Å². The Morgan fingerprint density at radius 1 is 1.39 bits per heavy atom. The first-order valence-corrected chi connectivity index (χ1v) is 7.29. The maximum absolute atomic E-state index is 12.0. The molecular formula is C14H26N2O2. The summed E-state index contributed by atoms with van der Waals surface area (Å²) in [5.74, 6) is 1.10. The highest BCUT2D eigenvalue weighted by molar-refractivity contribution is 5.83. The van der Waals surface area contributed by atoms with Crippen LogP contribution < -0.4 is 5.32 Å². The number of nitrogens with zero attached hydrogens (tertiary/aromatic N) is 1. The third-order valence-electron chi connectivity index (χ3n) is 3.60. The molecule has 1 N–H and O–H groups in total. The van der Waals surface area contributed by atoms with Crippen molar-refractivity contribution in [3.8, 4) is 0 Å². The van der Waals surface area contributed by atoms with Crippen LogP contribution in [0, 0.1) is 5.92 Å². The fraction of sp³-hybridized carbons (Fsp3) is 0.929. The summed E-state index contributed by atoms with van der Waals surface area (Å²) < 4.78 is 5.59. The van der Waals surface area contributed by atoms with E-state index in [9.17, 15) is 4.79 Å². The summed E-state index contributed by atoms with van der Waals surface area (Å²) in [7, 11) is 0. The molecule has 0 aromatic heterocycles. The second-order valence-corrected chi connectivity index (χ2v) is 5.86. The zero-order valence-electron chi connectivity index (χ0n) is 11.7. The number of nitrogens with one attached hydrogen (secondary N) is 1. The van der Waals surface area contributed by atoms with Gasteiger partial charge >= 0.3 is 0 Å². The molecule has 1 aliphatic carbocycles. The van der Waals surface area contributed by atoms with Crippen molar-refractivity contribution in [2.45, 2.75) is 51.6 Å². The van der Waals surface area contributed by atoms with Gasteiger partial charge in [0.15, 0.2) is 0 Å². The first-order valence-electron chi connectivity index (χ1n) is 7.29. The number of carbonyl (C=O) groups is 1. The Morgan fingerprint density at radius 2 is 2.17 bits per heavy atom. The van der Waals surface area contributed by atoms with Crippen LogP contribution in [0.5, 0.6) is 0 Å². The van der Waals surface area contributed by atoms with Gasteiger partial charge in [0.25, 0.3) is 0 Å². The molecule has 0 aromatic carbocycles. The van der Waals surface area contributed by atoms with E-state index in [1.165, 1.54) is 12.8 Å². The fourth-order valence-corrected chi connectivity index (χ4v) is 2.41. The number of carbonyl (C=O) groups excluding carboxylic acids is 1. The van der Waals surface area contributed by atoms with Gasteiger partial charge in [-0.1, -0.05) is 13.8 Å². The number of rotatable bonds is 8. The van der Waals surface area contributed by atoms with Crippen molar-refractivity contribution in [2.24, 2.45) is 5.92 Å². The Labute approximate surface area is 110 Å². The predicted octanol–water partition coefficient (Wildman–Crippen LogP) is 1.40. The quantitative estimate of drug-likeness (QED) is 0.666. The van der Waals surface area contributed by atoms with Gasteiger partial charge in [-0.2, -0.15) is 0 Å². The number of ether oxygens (including phenoxy) is 1. The van der Waals surface area contributed by atoms with E-state index in [2.05, 4.69) is 19.2 Å². The molecule has 1 saturated heterocycles. The summed E-state index contributed by atoms with van der Waals surface area (Å²) in [4.78, 5) is 14.0. The van der Waals surface area contributed by atoms with Crippen molar-refractivity contribution >= 4 is 5.91 Å². The number of hydrogen-bond acceptors (Lipinski definition) is 3. The Bertz CT molecular complexity index is 277. The van der Waals surface area contributed by atoms with Gasteiger partial charge in [-0.3, -0.25) is 4.79 Å². The maximum Gasteiger partial charge on any atom is 0.239 e. The standard InChI is InChI=1S/C14H26N2O2/c1-11(2)15-13-6-8-16(14(13)17)7-3-9-18-10-12-4-5-12/h11-13,15H,3-10H2,1-2H3. The zero-order valence-corrected chi connectivity index (χ0v) is 11.7. The summed E-state index contributed by atoms with van der Waals surface area (Å²) >= 11 is 0. The van der Waals surface area contributed by atoms with E-state index in [1.807, 2.05) is 4.90 Å². The van der Waals surface area contributed by atoms with E-state index >= 15 is 0 Å². The third-order valence-corrected chi connectivity index (χ3v) is 3.60. The van der Waals surface area contributed by atoms with Crippen molar-refractivity contribution in [1.29, 1.82) is 0 Å². The number of amides is 1. The molecule has 1 aliphatic heterocycles. The Balaban J connectivity index is 1.56. The molecule has 1 unspecified atom stereocenters. The minimum atomic E-state index is 0.0392. The van der Waals surface area contributed by atoms with Crippen LogP contribution in [-0.4, -0.2) is 49.2 Å². The normalized spacial score (nSPS) is 24.3. The molecule has 1 amide bonds. The molecule has 4 nitrogen and oxygen atoms in total. The summed E-state index contributed by atoms with van der Waals surface area (Å²) in [6, 6.07) is 0.415. The SMILES string of the molecule is CC(C)NC1CCN(CCCOCC2CC2)C1=O. The van der Waals surface area contributed by atoms with Gasteiger partial charge in [-0.15, -0.1) is 0 Å². The lowest BCUT2D eigenvalue weighted by Gasteiger charge is -2.18. The van der Waals surface area contributed by atoms with Crippen LogP contribution in [0.1, 0.15) is 39.5 Å². The van der Waals surface area contributed by atoms with Gasteiger partial charge in [0.1, 0.15) is 0 Å². The maximum atomic E-state index is 12.0. The average Bonchev–Trinajstić information content (AvgIpc) is 3.08. The van der Waals surface area contributed by atoms with Crippen LogP contribution in [0.25, 0.3) is 0 Å². The van der Waals surface area contributed by atoms with E-state index in [0.717, 1.165) is 45.1 Å². The van der Waals surface area contributed by atoms with E-state index < -0.39 is 0 Å². The minimum Gasteiger partial charge on any atom is -0.381 e. The largest absolute Gasteiger partial charge is 0.381 e. The van der Waals surface area contributed by atoms with Gasteiger partial charge in [-0.25, -0.2) is 0 Å². The topological polar surface area (TPSA) is 41.6 Å². The molecule has 1 atom stereocenters. The summed E-state index contributed by atoms with van der Waals surface area (Å²) in [5, 5.41) is 3.32. The lowest BCUT2D eigenvalue weighted by molar-refractivity contribution is -0.129. The Kier molecular flexibility index (Phi) is 5.01. The van der Waals surface area contributed by atoms with Gasteiger partial charge < -0.3 is 15.0 Å². The van der Waals surface area contributed by atoms with Crippen LogP contribution in [-0.2, 0) is 9.53 Å². The monoisotopic (exact) mass is 254 g/mol. The van der Waals surface area contributed by atoms with Crippen molar-refractivity contribution in [3.63, 3.8) is 0 Å². The smallest absolute Gasteiger partial charge is 0.239 e. The Hall–Kier alpha value is -0.610. The molecule has 1 heterocycles. The van der Waals surface area contributed by atoms with Gasteiger partial charge in [0.2, 0.25) is 5.91 Å². The molecule has 2 fully saturated rings. The number of hydrogen-bond donors (Lipinski definition) is 1. The second kappa shape index (κ2) is 6.53. The highest BCUT2D eigenvalue weighted by Crippen LogP contribution is 2.28. The average molecular weight is 254 g/mol. The molecule has 4 heteroatoms. The number of likely N-dealkylation sites (tertiary alicyclic amines) is 1. The minimum absolute atomic E-state index is 0.0392. The van der Waals surface area contributed by atoms with E-state index in [4.69, 9.17) is 4.74 Å². The van der Waals surface area contributed by atoms with Gasteiger partial charge in [0, 0.05) is 32.3 Å². The molecule has 2 rings (SSSR count). The lowest BCUT2D eigenvalue weighted by Crippen LogP contribution is -2.41. The lowest BCUT2D eigenvalue weighted by atomic mass is 10.2. The first kappa shape index (κ1) is 13.8. The molecule has 0 radical (unpaired) electrons. The highest BCUT2D eigenvalue weighted by Gasteiger charge is 2.31. The van der Waals surface area contributed by atoms with Gasteiger partial charge in [0.05, 0.1) is 6.04 Å². The molecular weight excluding hydrogens is 228 g/mol. The molecule has 104 valence electrons. The molecule has 0 aromatic rings. The third kappa shape index (κ3) is 4.25. The van der Waals surface area contributed by atoms with Crippen LogP contribution in [0.15, 0.2) is 0 Å². The molecule has 2 aliphatic rings.